The van der Waals surface area contributed by atoms with Crippen LogP contribution >= 0.6 is 11.6 Å². The van der Waals surface area contributed by atoms with Crippen LogP contribution in [0.25, 0.3) is 0 Å². The third-order valence-electron chi connectivity index (χ3n) is 1.30. The van der Waals surface area contributed by atoms with Crippen molar-refractivity contribution in [3.05, 3.63) is 11.1 Å². The van der Waals surface area contributed by atoms with Crippen molar-refractivity contribution >= 4 is 22.6 Å². The zero-order valence-electron chi connectivity index (χ0n) is 5.96. The van der Waals surface area contributed by atoms with Crippen molar-refractivity contribution in [1.29, 1.82) is 10.8 Å². The number of halogens is 1. The van der Waals surface area contributed by atoms with Gasteiger partial charge in [-0.15, -0.1) is 0 Å². The first-order valence-corrected chi connectivity index (χ1v) is 3.11. The predicted molar refractivity (Wildman–Crippen MR) is 43.9 cm³/mol. The van der Waals surface area contributed by atoms with Gasteiger partial charge in [-0.25, -0.2) is 0 Å². The van der Waals surface area contributed by atoms with Gasteiger partial charge in [0, 0.05) is 0 Å². The van der Waals surface area contributed by atoms with Crippen LogP contribution in [-0.2, 0) is 0 Å². The fraction of sp³-hybridized carbons (Fsp3) is 0.333. The number of amidine groups is 1. The molecule has 4 N–H and O–H groups in total. The van der Waals surface area contributed by atoms with E-state index < -0.39 is 0 Å². The zero-order chi connectivity index (χ0) is 8.31. The first-order chi connectivity index (χ1) is 4.46. The molecule has 0 aromatic heterocycles. The molecule has 0 unspecified atom stereocenters. The Hall–Kier alpha value is -0.830. The van der Waals surface area contributed by atoms with Gasteiger partial charge in [0.25, 0.3) is 0 Å². The molecule has 10 heavy (non-hydrogen) atoms. The molecule has 0 atom stereocenters. The molecule has 0 radical (unpaired) electrons. The van der Waals surface area contributed by atoms with E-state index in [9.17, 15) is 0 Å². The number of nitrogens with two attached hydrogens (primary N) is 1. The number of rotatable bonds is 2. The maximum atomic E-state index is 6.99. The van der Waals surface area contributed by atoms with Crippen LogP contribution in [0.5, 0.6) is 0 Å². The normalized spacial score (nSPS) is 12.3. The average molecular weight is 160 g/mol. The van der Waals surface area contributed by atoms with Crippen LogP contribution in [0.4, 0.5) is 0 Å². The highest BCUT2D eigenvalue weighted by Crippen LogP contribution is 2.06. The number of nitrogens with one attached hydrogen (secondary N) is 2. The minimum Gasteiger partial charge on any atom is -0.384 e. The lowest BCUT2D eigenvalue weighted by molar-refractivity contribution is 1.34. The van der Waals surface area contributed by atoms with Crippen molar-refractivity contribution in [3.8, 4) is 0 Å². The molecule has 0 rings (SSSR count). The van der Waals surface area contributed by atoms with Crippen LogP contribution < -0.4 is 5.73 Å². The van der Waals surface area contributed by atoms with E-state index in [-0.39, 0.29) is 11.0 Å². The summed E-state index contributed by atoms with van der Waals surface area (Å²) in [5, 5.41) is 13.9. The van der Waals surface area contributed by atoms with E-state index >= 15 is 0 Å². The number of hydrogen-bond donors (Lipinski definition) is 3. The molecule has 0 aliphatic carbocycles. The third kappa shape index (κ3) is 2.19. The summed E-state index contributed by atoms with van der Waals surface area (Å²) < 4.78 is 0. The molecule has 0 fully saturated rings. The van der Waals surface area contributed by atoms with Gasteiger partial charge in [0.05, 0.1) is 0 Å². The quantitative estimate of drug-likeness (QED) is 0.414. The Balaban J connectivity index is 4.67. The largest absolute Gasteiger partial charge is 0.384 e. The van der Waals surface area contributed by atoms with E-state index in [0.717, 1.165) is 0 Å². The molecule has 0 aliphatic heterocycles. The number of allylic oxidation sites excluding steroid dienone is 1. The molecular formula is C6H10ClN3. The maximum absolute atomic E-state index is 6.99. The highest BCUT2D eigenvalue weighted by molar-refractivity contribution is 6.68. The molecule has 0 aliphatic rings. The molecule has 0 saturated heterocycles. The van der Waals surface area contributed by atoms with Gasteiger partial charge in [-0.05, 0) is 25.0 Å². The molecule has 3 nitrogen and oxygen atoms in total. The molecule has 0 aromatic rings. The SMILES string of the molecule is C/C(C(=N)N)=C(\C)C(=N)Cl. The van der Waals surface area contributed by atoms with Gasteiger partial charge < -0.3 is 5.73 Å². The molecule has 0 bridgehead atoms. The lowest BCUT2D eigenvalue weighted by Crippen LogP contribution is -2.13. The second-order valence-electron chi connectivity index (χ2n) is 1.98. The first kappa shape index (κ1) is 9.17. The predicted octanol–water partition coefficient (Wildman–Crippen LogP) is 1.47. The fourth-order valence-electron chi connectivity index (χ4n) is 0.367. The van der Waals surface area contributed by atoms with Crippen LogP contribution in [0, 0.1) is 10.8 Å². The van der Waals surface area contributed by atoms with Crippen molar-refractivity contribution in [2.45, 2.75) is 13.8 Å². The molecule has 4 heteroatoms. The topological polar surface area (TPSA) is 73.7 Å². The summed E-state index contributed by atoms with van der Waals surface area (Å²) >= 11 is 5.34. The monoisotopic (exact) mass is 159 g/mol. The van der Waals surface area contributed by atoms with Crippen molar-refractivity contribution < 1.29 is 0 Å². The third-order valence-corrected chi connectivity index (χ3v) is 1.58. The van der Waals surface area contributed by atoms with E-state index in [4.69, 9.17) is 28.2 Å². The average Bonchev–Trinajstić information content (AvgIpc) is 1.84. The van der Waals surface area contributed by atoms with Crippen LogP contribution in [0.3, 0.4) is 0 Å². The van der Waals surface area contributed by atoms with Gasteiger partial charge >= 0.3 is 0 Å². The van der Waals surface area contributed by atoms with E-state index in [1.165, 1.54) is 0 Å². The molecule has 0 heterocycles. The minimum atomic E-state index is -0.0623. The molecule has 0 saturated carbocycles. The summed E-state index contributed by atoms with van der Waals surface area (Å²) in [4.78, 5) is 0. The Bertz CT molecular complexity index is 183. The summed E-state index contributed by atoms with van der Waals surface area (Å²) in [5.41, 5.74) is 6.25. The van der Waals surface area contributed by atoms with Crippen LogP contribution in [0.15, 0.2) is 11.1 Å². The van der Waals surface area contributed by atoms with E-state index in [1.807, 2.05) is 0 Å². The highest BCUT2D eigenvalue weighted by Gasteiger charge is 2.01. The molecular weight excluding hydrogens is 150 g/mol. The Morgan fingerprint density at radius 3 is 1.70 bits per heavy atom. The lowest BCUT2D eigenvalue weighted by Gasteiger charge is -2.01. The van der Waals surface area contributed by atoms with Gasteiger partial charge in [0.1, 0.15) is 11.0 Å². The van der Waals surface area contributed by atoms with Crippen LogP contribution in [0.2, 0.25) is 0 Å². The number of hydrogen-bond acceptors (Lipinski definition) is 2. The van der Waals surface area contributed by atoms with Crippen molar-refractivity contribution in [2.24, 2.45) is 5.73 Å². The standard InChI is InChI=1S/C6H10ClN3/c1-3(5(7)8)4(2)6(9)10/h8H,1-2H3,(H3,9,10)/b4-3-,8-5?. The second kappa shape index (κ2) is 3.37. The van der Waals surface area contributed by atoms with Crippen molar-refractivity contribution in [1.82, 2.24) is 0 Å². The van der Waals surface area contributed by atoms with Gasteiger partial charge in [-0.1, -0.05) is 11.6 Å². The Labute approximate surface area is 64.9 Å². The van der Waals surface area contributed by atoms with E-state index in [1.54, 1.807) is 13.8 Å². The summed E-state index contributed by atoms with van der Waals surface area (Å²) in [6, 6.07) is 0. The summed E-state index contributed by atoms with van der Waals surface area (Å²) in [5.74, 6) is -0.0390. The Morgan fingerprint density at radius 2 is 1.60 bits per heavy atom. The molecule has 0 amide bonds. The van der Waals surface area contributed by atoms with Gasteiger partial charge in [-0.2, -0.15) is 0 Å². The van der Waals surface area contributed by atoms with E-state index in [0.29, 0.717) is 11.1 Å². The van der Waals surface area contributed by atoms with Gasteiger partial charge in [-0.3, -0.25) is 10.8 Å². The lowest BCUT2D eigenvalue weighted by atomic mass is 10.1. The van der Waals surface area contributed by atoms with Crippen molar-refractivity contribution in [2.75, 3.05) is 0 Å². The highest BCUT2D eigenvalue weighted by atomic mass is 35.5. The van der Waals surface area contributed by atoms with E-state index in [2.05, 4.69) is 0 Å². The van der Waals surface area contributed by atoms with Crippen LogP contribution in [-0.4, -0.2) is 11.0 Å². The maximum Gasteiger partial charge on any atom is 0.124 e. The van der Waals surface area contributed by atoms with Crippen molar-refractivity contribution in [3.63, 3.8) is 0 Å². The zero-order valence-corrected chi connectivity index (χ0v) is 6.71. The first-order valence-electron chi connectivity index (χ1n) is 2.73. The van der Waals surface area contributed by atoms with Crippen LogP contribution in [0.1, 0.15) is 13.8 Å². The smallest absolute Gasteiger partial charge is 0.124 e. The van der Waals surface area contributed by atoms with Gasteiger partial charge in [0.15, 0.2) is 0 Å². The second-order valence-corrected chi connectivity index (χ2v) is 2.36. The minimum absolute atomic E-state index is 0.0390. The molecule has 0 aromatic carbocycles. The summed E-state index contributed by atoms with van der Waals surface area (Å²) in [6.07, 6.45) is 0. The molecule has 56 valence electrons. The summed E-state index contributed by atoms with van der Waals surface area (Å²) in [6.45, 7) is 3.32. The Morgan fingerprint density at radius 1 is 1.20 bits per heavy atom. The van der Waals surface area contributed by atoms with Gasteiger partial charge in [0.2, 0.25) is 0 Å². The Kier molecular flexibility index (Phi) is 3.09. The summed E-state index contributed by atoms with van der Waals surface area (Å²) in [7, 11) is 0. The fourth-order valence-corrected chi connectivity index (χ4v) is 0.508. The molecule has 0 spiro atoms.